The van der Waals surface area contributed by atoms with Crippen LogP contribution in [0.5, 0.6) is 5.75 Å². The van der Waals surface area contributed by atoms with Gasteiger partial charge in [0, 0.05) is 38.2 Å². The van der Waals surface area contributed by atoms with E-state index in [-0.39, 0.29) is 24.8 Å². The normalized spacial score (nSPS) is 20.5. The molecule has 2 aliphatic heterocycles. The molecule has 3 aromatic rings. The molecule has 1 amide bonds. The van der Waals surface area contributed by atoms with Crippen LogP contribution in [0, 0.1) is 23.4 Å². The number of hydrogen-bond donors (Lipinski definition) is 2. The molecule has 0 aliphatic carbocycles. The van der Waals surface area contributed by atoms with Crippen LogP contribution in [0.1, 0.15) is 52.0 Å². The van der Waals surface area contributed by atoms with Crippen molar-refractivity contribution in [3.05, 3.63) is 47.5 Å². The Balaban J connectivity index is 1.24. The Morgan fingerprint density at radius 1 is 1.02 bits per heavy atom. The molecule has 1 aromatic carbocycles. The SMILES string of the molecule is C[C@H](Oc1cnc(N2C[C@H](NC(=O)OC(C)(C)C)[C@@H](c3cc(F)c(F)cc3F)C2)nc1)C1CCN(c2nn[nH]n2)CC1. The summed E-state index contributed by atoms with van der Waals surface area (Å²) in [5, 5.41) is 16.9. The molecule has 15 heteroatoms. The van der Waals surface area contributed by atoms with Crippen LogP contribution in [0.2, 0.25) is 0 Å². The molecule has 2 N–H and O–H groups in total. The molecular weight excluding hydrogens is 555 g/mol. The summed E-state index contributed by atoms with van der Waals surface area (Å²) in [5.74, 6) is -2.35. The van der Waals surface area contributed by atoms with Crippen LogP contribution in [0.25, 0.3) is 0 Å². The van der Waals surface area contributed by atoms with Gasteiger partial charge in [-0.25, -0.2) is 27.9 Å². The third-order valence-electron chi connectivity index (χ3n) is 7.50. The molecule has 0 saturated carbocycles. The van der Waals surface area contributed by atoms with Crippen LogP contribution in [0.3, 0.4) is 0 Å². The molecule has 42 heavy (non-hydrogen) atoms. The second-order valence-corrected chi connectivity index (χ2v) is 11.6. The first-order valence-electron chi connectivity index (χ1n) is 13.8. The van der Waals surface area contributed by atoms with E-state index in [0.717, 1.165) is 32.0 Å². The highest BCUT2D eigenvalue weighted by molar-refractivity contribution is 5.68. The maximum Gasteiger partial charge on any atom is 0.407 e. The quantitative estimate of drug-likeness (QED) is 0.394. The number of anilines is 2. The van der Waals surface area contributed by atoms with E-state index >= 15 is 0 Å². The van der Waals surface area contributed by atoms with Gasteiger partial charge in [-0.1, -0.05) is 5.10 Å². The summed E-state index contributed by atoms with van der Waals surface area (Å²) in [5.41, 5.74) is -0.816. The first-order chi connectivity index (χ1) is 20.0. The number of piperidine rings is 1. The Hall–Kier alpha value is -4.17. The van der Waals surface area contributed by atoms with Gasteiger partial charge in [0.15, 0.2) is 17.4 Å². The lowest BCUT2D eigenvalue weighted by Crippen LogP contribution is -2.43. The second-order valence-electron chi connectivity index (χ2n) is 11.6. The minimum absolute atomic E-state index is 0.0587. The summed E-state index contributed by atoms with van der Waals surface area (Å²) < 4.78 is 54.0. The fourth-order valence-corrected chi connectivity index (χ4v) is 5.41. The molecule has 3 atom stereocenters. The predicted molar refractivity (Wildman–Crippen MR) is 146 cm³/mol. The van der Waals surface area contributed by atoms with Gasteiger partial charge in [0.25, 0.3) is 5.95 Å². The van der Waals surface area contributed by atoms with E-state index in [2.05, 4.69) is 40.8 Å². The third-order valence-corrected chi connectivity index (χ3v) is 7.50. The van der Waals surface area contributed by atoms with Crippen molar-refractivity contribution in [1.29, 1.82) is 0 Å². The van der Waals surface area contributed by atoms with Gasteiger partial charge in [-0.3, -0.25) is 0 Å². The van der Waals surface area contributed by atoms with Crippen molar-refractivity contribution >= 4 is 18.0 Å². The summed E-state index contributed by atoms with van der Waals surface area (Å²) in [6.07, 6.45) is 4.14. The van der Waals surface area contributed by atoms with E-state index in [9.17, 15) is 18.0 Å². The van der Waals surface area contributed by atoms with Gasteiger partial charge >= 0.3 is 6.09 Å². The standard InChI is InChI=1S/C27H34F3N9O3/c1-15(16-5-7-38(8-6-16)25-34-36-37-35-25)41-17-11-31-24(32-12-17)39-13-19(18-9-21(29)22(30)10-20(18)28)23(14-39)33-26(40)42-27(2,3)4/h9-12,15-16,19,23H,5-8,13-14H2,1-4H3,(H,33,40)(H,34,35,36,37)/t15-,19+,23-/m0/s1. The van der Waals surface area contributed by atoms with Crippen molar-refractivity contribution in [1.82, 2.24) is 35.9 Å². The van der Waals surface area contributed by atoms with Crippen molar-refractivity contribution in [2.45, 2.75) is 64.2 Å². The van der Waals surface area contributed by atoms with E-state index in [1.54, 1.807) is 38.1 Å². The molecule has 0 radical (unpaired) electrons. The number of carbonyl (C=O) groups is 1. The molecular formula is C27H34F3N9O3. The Bertz CT molecular complexity index is 1360. The topological polar surface area (TPSA) is 134 Å². The van der Waals surface area contributed by atoms with Gasteiger partial charge in [-0.05, 0) is 63.3 Å². The van der Waals surface area contributed by atoms with Crippen LogP contribution in [-0.2, 0) is 4.74 Å². The van der Waals surface area contributed by atoms with E-state index in [0.29, 0.717) is 29.6 Å². The molecule has 0 spiro atoms. The number of benzene rings is 1. The monoisotopic (exact) mass is 589 g/mol. The largest absolute Gasteiger partial charge is 0.487 e. The summed E-state index contributed by atoms with van der Waals surface area (Å²) in [4.78, 5) is 25.3. The summed E-state index contributed by atoms with van der Waals surface area (Å²) in [6, 6.07) is 0.655. The van der Waals surface area contributed by atoms with Crippen molar-refractivity contribution in [2.75, 3.05) is 36.0 Å². The summed E-state index contributed by atoms with van der Waals surface area (Å²) in [6.45, 7) is 9.10. The van der Waals surface area contributed by atoms with Crippen molar-refractivity contribution in [3.8, 4) is 5.75 Å². The molecule has 4 heterocycles. The number of halogens is 3. The van der Waals surface area contributed by atoms with Crippen LogP contribution < -0.4 is 19.9 Å². The van der Waals surface area contributed by atoms with Gasteiger partial charge in [0.05, 0.1) is 24.5 Å². The zero-order valence-electron chi connectivity index (χ0n) is 23.9. The molecule has 0 bridgehead atoms. The maximum atomic E-state index is 14.8. The Morgan fingerprint density at radius 2 is 1.71 bits per heavy atom. The zero-order valence-corrected chi connectivity index (χ0v) is 23.9. The molecule has 12 nitrogen and oxygen atoms in total. The second kappa shape index (κ2) is 12.0. The molecule has 0 unspecified atom stereocenters. The Morgan fingerprint density at radius 3 is 2.36 bits per heavy atom. The van der Waals surface area contributed by atoms with Gasteiger partial charge in [0.2, 0.25) is 5.95 Å². The minimum Gasteiger partial charge on any atom is -0.487 e. The van der Waals surface area contributed by atoms with Crippen LogP contribution >= 0.6 is 0 Å². The molecule has 2 fully saturated rings. The molecule has 2 saturated heterocycles. The van der Waals surface area contributed by atoms with Crippen LogP contribution in [0.4, 0.5) is 29.9 Å². The molecule has 5 rings (SSSR count). The summed E-state index contributed by atoms with van der Waals surface area (Å²) in [7, 11) is 0. The number of carbonyl (C=O) groups excluding carboxylic acids is 1. The molecule has 226 valence electrons. The van der Waals surface area contributed by atoms with E-state index in [1.807, 2.05) is 6.92 Å². The smallest absolute Gasteiger partial charge is 0.407 e. The first kappa shape index (κ1) is 29.3. The number of rotatable bonds is 7. The first-order valence-corrected chi connectivity index (χ1v) is 13.8. The molecule has 2 aliphatic rings. The lowest BCUT2D eigenvalue weighted by molar-refractivity contribution is 0.0504. The highest BCUT2D eigenvalue weighted by atomic mass is 19.2. The zero-order chi connectivity index (χ0) is 30.0. The number of alkyl carbamates (subject to hydrolysis) is 1. The predicted octanol–water partition coefficient (Wildman–Crippen LogP) is 3.59. The lowest BCUT2D eigenvalue weighted by Gasteiger charge is -2.34. The maximum absolute atomic E-state index is 14.8. The van der Waals surface area contributed by atoms with E-state index in [1.165, 1.54) is 0 Å². The number of amides is 1. The fraction of sp³-hybridized carbons (Fsp3) is 0.556. The Kier molecular flexibility index (Phi) is 8.36. The number of nitrogens with one attached hydrogen (secondary N) is 2. The highest BCUT2D eigenvalue weighted by Crippen LogP contribution is 2.33. The highest BCUT2D eigenvalue weighted by Gasteiger charge is 2.39. The number of H-pyrrole nitrogens is 1. The summed E-state index contributed by atoms with van der Waals surface area (Å²) >= 11 is 0. The minimum atomic E-state index is -1.28. The lowest BCUT2D eigenvalue weighted by atomic mass is 9.92. The van der Waals surface area contributed by atoms with E-state index in [4.69, 9.17) is 9.47 Å². The van der Waals surface area contributed by atoms with Crippen LogP contribution in [0.15, 0.2) is 24.5 Å². The Labute approximate surface area is 241 Å². The number of aromatic amines is 1. The molecule has 2 aromatic heterocycles. The average molecular weight is 590 g/mol. The van der Waals surface area contributed by atoms with Crippen LogP contribution in [-0.4, -0.2) is 80.6 Å². The van der Waals surface area contributed by atoms with Gasteiger partial charge in [-0.2, -0.15) is 5.21 Å². The van der Waals surface area contributed by atoms with Gasteiger partial charge in [0.1, 0.15) is 11.4 Å². The third kappa shape index (κ3) is 6.82. The number of hydrogen-bond acceptors (Lipinski definition) is 10. The van der Waals surface area contributed by atoms with Crippen molar-refractivity contribution in [2.24, 2.45) is 5.92 Å². The van der Waals surface area contributed by atoms with Crippen molar-refractivity contribution in [3.63, 3.8) is 0 Å². The average Bonchev–Trinajstić information content (AvgIpc) is 3.61. The van der Waals surface area contributed by atoms with Gasteiger partial charge < -0.3 is 24.6 Å². The fourth-order valence-electron chi connectivity index (χ4n) is 5.41. The number of aromatic nitrogens is 6. The van der Waals surface area contributed by atoms with E-state index < -0.39 is 41.1 Å². The van der Waals surface area contributed by atoms with Crippen molar-refractivity contribution < 1.29 is 27.4 Å². The number of tetrazole rings is 1. The van der Waals surface area contributed by atoms with Gasteiger partial charge in [-0.15, -0.1) is 5.10 Å². The number of ether oxygens (including phenoxy) is 2. The number of nitrogens with zero attached hydrogens (tertiary/aromatic N) is 7.